The SMILES string of the molecule is C[NH+](C)C[C@H](NC(=O)Cn1nc(-c2ccc(F)cc2)oc1=O)c1ccccc1. The molecule has 0 bridgehead atoms. The average Bonchev–Trinajstić information content (AvgIpc) is 3.02. The van der Waals surface area contributed by atoms with Crippen LogP contribution in [0.25, 0.3) is 11.5 Å². The first kappa shape index (κ1) is 19.5. The van der Waals surface area contributed by atoms with Gasteiger partial charge in [0.1, 0.15) is 24.9 Å². The van der Waals surface area contributed by atoms with Gasteiger partial charge >= 0.3 is 5.76 Å². The van der Waals surface area contributed by atoms with E-state index >= 15 is 0 Å². The molecule has 0 aliphatic heterocycles. The minimum Gasteiger partial charge on any atom is -0.388 e. The van der Waals surface area contributed by atoms with E-state index in [1.54, 1.807) is 0 Å². The molecule has 7 nitrogen and oxygen atoms in total. The third-order valence-corrected chi connectivity index (χ3v) is 4.14. The van der Waals surface area contributed by atoms with Crippen molar-refractivity contribution in [1.82, 2.24) is 15.1 Å². The number of nitrogens with zero attached hydrogens (tertiary/aromatic N) is 2. The maximum atomic E-state index is 13.0. The second-order valence-corrected chi connectivity index (χ2v) is 6.78. The first-order valence-corrected chi connectivity index (χ1v) is 8.89. The van der Waals surface area contributed by atoms with E-state index in [0.717, 1.165) is 10.2 Å². The van der Waals surface area contributed by atoms with Crippen molar-refractivity contribution in [2.24, 2.45) is 0 Å². The predicted molar refractivity (Wildman–Crippen MR) is 101 cm³/mol. The van der Waals surface area contributed by atoms with E-state index in [9.17, 15) is 14.0 Å². The fourth-order valence-corrected chi connectivity index (χ4v) is 2.84. The second kappa shape index (κ2) is 8.62. The zero-order chi connectivity index (χ0) is 20.1. The fraction of sp³-hybridized carbons (Fsp3) is 0.250. The minimum atomic E-state index is -0.746. The van der Waals surface area contributed by atoms with Crippen LogP contribution >= 0.6 is 0 Å². The number of quaternary nitrogens is 1. The van der Waals surface area contributed by atoms with E-state index in [2.05, 4.69) is 10.4 Å². The molecule has 8 heteroatoms. The zero-order valence-corrected chi connectivity index (χ0v) is 15.7. The number of hydrogen-bond acceptors (Lipinski definition) is 4. The molecular weight excluding hydrogens is 363 g/mol. The third kappa shape index (κ3) is 4.92. The number of likely N-dealkylation sites (N-methyl/N-ethyl adjacent to an activating group) is 1. The largest absolute Gasteiger partial charge is 0.437 e. The van der Waals surface area contributed by atoms with Crippen molar-refractivity contribution < 1.29 is 18.5 Å². The van der Waals surface area contributed by atoms with Gasteiger partial charge < -0.3 is 14.6 Å². The Morgan fingerprint density at radius 3 is 2.50 bits per heavy atom. The number of hydrogen-bond donors (Lipinski definition) is 2. The smallest absolute Gasteiger partial charge is 0.388 e. The summed E-state index contributed by atoms with van der Waals surface area (Å²) in [6, 6.07) is 14.8. The van der Waals surface area contributed by atoms with Gasteiger partial charge in [-0.05, 0) is 29.8 Å². The van der Waals surface area contributed by atoms with Crippen LogP contribution in [-0.2, 0) is 11.3 Å². The zero-order valence-electron chi connectivity index (χ0n) is 15.7. The van der Waals surface area contributed by atoms with Crippen molar-refractivity contribution in [3.63, 3.8) is 0 Å². The van der Waals surface area contributed by atoms with Crippen molar-refractivity contribution >= 4 is 5.91 Å². The summed E-state index contributed by atoms with van der Waals surface area (Å²) in [5, 5.41) is 6.99. The summed E-state index contributed by atoms with van der Waals surface area (Å²) in [4.78, 5) is 25.7. The van der Waals surface area contributed by atoms with E-state index in [4.69, 9.17) is 4.42 Å². The molecule has 0 saturated heterocycles. The lowest BCUT2D eigenvalue weighted by atomic mass is 10.1. The molecule has 1 aromatic heterocycles. The summed E-state index contributed by atoms with van der Waals surface area (Å²) in [5.74, 6) is -1.46. The highest BCUT2D eigenvalue weighted by Crippen LogP contribution is 2.15. The first-order valence-electron chi connectivity index (χ1n) is 8.89. The highest BCUT2D eigenvalue weighted by atomic mass is 19.1. The fourth-order valence-electron chi connectivity index (χ4n) is 2.84. The Bertz CT molecular complexity index is 981. The Balaban J connectivity index is 1.73. The lowest BCUT2D eigenvalue weighted by Crippen LogP contribution is -3.06. The molecule has 146 valence electrons. The minimum absolute atomic E-state index is 0.0372. The number of rotatable bonds is 7. The number of amides is 1. The number of benzene rings is 2. The lowest BCUT2D eigenvalue weighted by molar-refractivity contribution is -0.860. The van der Waals surface area contributed by atoms with E-state index in [-0.39, 0.29) is 24.4 Å². The highest BCUT2D eigenvalue weighted by molar-refractivity contribution is 5.76. The molecule has 0 aliphatic rings. The van der Waals surface area contributed by atoms with Crippen LogP contribution in [-0.4, -0.2) is 36.3 Å². The van der Waals surface area contributed by atoms with Crippen LogP contribution in [0.2, 0.25) is 0 Å². The van der Waals surface area contributed by atoms with E-state index < -0.39 is 11.6 Å². The van der Waals surface area contributed by atoms with Crippen LogP contribution in [0.4, 0.5) is 4.39 Å². The molecule has 1 atom stereocenters. The molecule has 0 saturated carbocycles. The van der Waals surface area contributed by atoms with Crippen LogP contribution in [0.3, 0.4) is 0 Å². The van der Waals surface area contributed by atoms with Gasteiger partial charge in [0.2, 0.25) is 11.8 Å². The number of carbonyl (C=O) groups is 1. The number of halogens is 1. The lowest BCUT2D eigenvalue weighted by Gasteiger charge is -2.20. The summed E-state index contributed by atoms with van der Waals surface area (Å²) >= 11 is 0. The van der Waals surface area contributed by atoms with Crippen LogP contribution < -0.4 is 16.0 Å². The quantitative estimate of drug-likeness (QED) is 0.626. The molecule has 28 heavy (non-hydrogen) atoms. The Kier molecular flexibility index (Phi) is 6.00. The molecule has 1 amide bonds. The Labute approximate surface area is 161 Å². The van der Waals surface area contributed by atoms with Crippen molar-refractivity contribution in [1.29, 1.82) is 0 Å². The molecule has 0 fully saturated rings. The number of aromatic nitrogens is 2. The number of carbonyl (C=O) groups excluding carboxylic acids is 1. The summed E-state index contributed by atoms with van der Waals surface area (Å²) in [6.45, 7) is 0.417. The Morgan fingerprint density at radius 2 is 1.86 bits per heavy atom. The van der Waals surface area contributed by atoms with Gasteiger partial charge in [0.25, 0.3) is 0 Å². The molecule has 0 unspecified atom stereocenters. The molecule has 2 N–H and O–H groups in total. The van der Waals surface area contributed by atoms with Crippen LogP contribution in [0.1, 0.15) is 11.6 Å². The second-order valence-electron chi connectivity index (χ2n) is 6.78. The van der Waals surface area contributed by atoms with Crippen molar-refractivity contribution in [3.8, 4) is 11.5 Å². The highest BCUT2D eigenvalue weighted by Gasteiger charge is 2.19. The topological polar surface area (TPSA) is 81.6 Å². The van der Waals surface area contributed by atoms with Crippen LogP contribution in [0.15, 0.2) is 63.8 Å². The average molecular weight is 385 g/mol. The third-order valence-electron chi connectivity index (χ3n) is 4.14. The van der Waals surface area contributed by atoms with Gasteiger partial charge in [-0.25, -0.2) is 9.18 Å². The van der Waals surface area contributed by atoms with Gasteiger partial charge in [-0.3, -0.25) is 4.79 Å². The molecule has 1 heterocycles. The van der Waals surface area contributed by atoms with Gasteiger partial charge in [0.15, 0.2) is 0 Å². The summed E-state index contributed by atoms with van der Waals surface area (Å²) in [5.41, 5.74) is 1.44. The van der Waals surface area contributed by atoms with Gasteiger partial charge in [0, 0.05) is 5.56 Å². The molecular formula is C20H22FN4O3+. The van der Waals surface area contributed by atoms with Gasteiger partial charge in [-0.15, -0.1) is 5.10 Å². The molecule has 2 aromatic carbocycles. The first-order chi connectivity index (χ1) is 13.4. The maximum Gasteiger partial charge on any atom is 0.437 e. The molecule has 3 aromatic rings. The summed E-state index contributed by atoms with van der Waals surface area (Å²) in [6.07, 6.45) is 0. The van der Waals surface area contributed by atoms with Crippen molar-refractivity contribution in [3.05, 3.63) is 76.5 Å². The summed E-state index contributed by atoms with van der Waals surface area (Å²) in [7, 11) is 4.00. The van der Waals surface area contributed by atoms with Gasteiger partial charge in [-0.1, -0.05) is 30.3 Å². The van der Waals surface area contributed by atoms with Crippen molar-refractivity contribution in [2.75, 3.05) is 20.6 Å². The van der Waals surface area contributed by atoms with Crippen molar-refractivity contribution in [2.45, 2.75) is 12.6 Å². The molecule has 0 aliphatic carbocycles. The van der Waals surface area contributed by atoms with E-state index in [0.29, 0.717) is 12.1 Å². The maximum absolute atomic E-state index is 13.0. The predicted octanol–water partition coefficient (Wildman–Crippen LogP) is 0.644. The number of nitrogens with one attached hydrogen (secondary N) is 2. The van der Waals surface area contributed by atoms with Crippen LogP contribution in [0, 0.1) is 5.82 Å². The monoisotopic (exact) mass is 385 g/mol. The van der Waals surface area contributed by atoms with Gasteiger partial charge in [-0.2, -0.15) is 4.68 Å². The molecule has 0 spiro atoms. The summed E-state index contributed by atoms with van der Waals surface area (Å²) < 4.78 is 19.1. The van der Waals surface area contributed by atoms with Gasteiger partial charge in [0.05, 0.1) is 14.1 Å². The van der Waals surface area contributed by atoms with E-state index in [1.807, 2.05) is 44.4 Å². The Morgan fingerprint density at radius 1 is 1.18 bits per heavy atom. The molecule has 0 radical (unpaired) electrons. The Hall–Kier alpha value is -3.26. The molecule has 3 rings (SSSR count). The van der Waals surface area contributed by atoms with Crippen LogP contribution in [0.5, 0.6) is 0 Å². The van der Waals surface area contributed by atoms with E-state index in [1.165, 1.54) is 29.2 Å². The normalized spacial score (nSPS) is 12.1. The standard InChI is InChI=1S/C20H21FN4O3/c1-24(2)12-17(14-6-4-3-5-7-14)22-18(26)13-25-20(27)28-19(23-25)15-8-10-16(21)11-9-15/h3-11,17H,12-13H2,1-2H3,(H,22,26)/p+1/t17-/m0/s1.